The maximum absolute atomic E-state index is 2.44. The Bertz CT molecular complexity index is 133. The predicted octanol–water partition coefficient (Wildman–Crippen LogP) is 2.36. The molecule has 2 aliphatic rings. The number of allylic oxidation sites excluding steroid dienone is 2. The summed E-state index contributed by atoms with van der Waals surface area (Å²) in [7, 11) is 0. The molecule has 2 rings (SSSR count). The molecule has 1 fully saturated rings. The van der Waals surface area contributed by atoms with E-state index in [0.717, 1.165) is 11.8 Å². The van der Waals surface area contributed by atoms with Crippen LogP contribution in [0.15, 0.2) is 11.6 Å². The molecule has 0 N–H and O–H groups in total. The van der Waals surface area contributed by atoms with Gasteiger partial charge in [0.15, 0.2) is 0 Å². The van der Waals surface area contributed by atoms with Crippen LogP contribution in [0.1, 0.15) is 26.2 Å². The van der Waals surface area contributed by atoms with Gasteiger partial charge in [-0.3, -0.25) is 0 Å². The van der Waals surface area contributed by atoms with Crippen molar-refractivity contribution in [2.45, 2.75) is 26.2 Å². The Morgan fingerprint density at radius 1 is 1.75 bits per heavy atom. The normalized spacial score (nSPS) is 41.4. The summed E-state index contributed by atoms with van der Waals surface area (Å²) in [6, 6.07) is 0. The van der Waals surface area contributed by atoms with Gasteiger partial charge in [-0.05, 0) is 31.1 Å². The Balaban J connectivity index is 2.10. The molecule has 0 bridgehead atoms. The highest BCUT2D eigenvalue weighted by Crippen LogP contribution is 2.54. The largest absolute Gasteiger partial charge is 0.0847 e. The molecule has 0 spiro atoms. The van der Waals surface area contributed by atoms with E-state index in [4.69, 9.17) is 0 Å². The molecule has 0 heterocycles. The van der Waals surface area contributed by atoms with Crippen LogP contribution < -0.4 is 0 Å². The van der Waals surface area contributed by atoms with Crippen molar-refractivity contribution in [2.75, 3.05) is 0 Å². The van der Waals surface area contributed by atoms with Crippen LogP contribution in [0.3, 0.4) is 0 Å². The van der Waals surface area contributed by atoms with Gasteiger partial charge in [0, 0.05) is 0 Å². The Kier molecular flexibility index (Phi) is 0.787. The lowest BCUT2D eigenvalue weighted by Gasteiger charge is -1.89. The summed E-state index contributed by atoms with van der Waals surface area (Å²) < 4.78 is 0. The first kappa shape index (κ1) is 4.60. The second kappa shape index (κ2) is 1.37. The fourth-order valence-corrected chi connectivity index (χ4v) is 2.02. The molecular formula is C8H12. The van der Waals surface area contributed by atoms with E-state index in [0.29, 0.717) is 0 Å². The molecule has 0 aliphatic heterocycles. The lowest BCUT2D eigenvalue weighted by Crippen LogP contribution is -1.78. The van der Waals surface area contributed by atoms with Gasteiger partial charge in [-0.25, -0.2) is 0 Å². The van der Waals surface area contributed by atoms with Gasteiger partial charge < -0.3 is 0 Å². The monoisotopic (exact) mass is 108 g/mol. The Morgan fingerprint density at radius 3 is 3.00 bits per heavy atom. The second-order valence-electron chi connectivity index (χ2n) is 2.90. The van der Waals surface area contributed by atoms with Crippen molar-refractivity contribution in [1.29, 1.82) is 0 Å². The van der Waals surface area contributed by atoms with Crippen LogP contribution in [-0.4, -0.2) is 0 Å². The van der Waals surface area contributed by atoms with Crippen molar-refractivity contribution >= 4 is 0 Å². The average Bonchev–Trinajstić information content (AvgIpc) is 2.22. The minimum Gasteiger partial charge on any atom is -0.0847 e. The highest BCUT2D eigenvalue weighted by molar-refractivity contribution is 5.33. The summed E-state index contributed by atoms with van der Waals surface area (Å²) in [6.07, 6.45) is 6.67. The van der Waals surface area contributed by atoms with Gasteiger partial charge in [-0.2, -0.15) is 0 Å². The second-order valence-corrected chi connectivity index (χ2v) is 2.90. The molecule has 0 heteroatoms. The quantitative estimate of drug-likeness (QED) is 0.452. The van der Waals surface area contributed by atoms with E-state index >= 15 is 0 Å². The number of hydrogen-bond donors (Lipinski definition) is 0. The Labute approximate surface area is 50.6 Å². The predicted molar refractivity (Wildman–Crippen MR) is 34.6 cm³/mol. The van der Waals surface area contributed by atoms with Crippen LogP contribution in [0.25, 0.3) is 0 Å². The lowest BCUT2D eigenvalue weighted by molar-refractivity contribution is 0.639. The standard InChI is InChI=1S/C8H12/c1-2-6-7-4-3-5-8(6)7/h4,6,8H,2-3,5H2,1H3. The van der Waals surface area contributed by atoms with Crippen LogP contribution in [0.4, 0.5) is 0 Å². The molecule has 44 valence electrons. The van der Waals surface area contributed by atoms with E-state index < -0.39 is 0 Å². The number of fused-ring (bicyclic) bond motifs is 1. The minimum absolute atomic E-state index is 1.03. The van der Waals surface area contributed by atoms with E-state index in [2.05, 4.69) is 13.0 Å². The summed E-state index contributed by atoms with van der Waals surface area (Å²) in [5, 5.41) is 0. The maximum atomic E-state index is 2.44. The highest BCUT2D eigenvalue weighted by Gasteiger charge is 2.43. The van der Waals surface area contributed by atoms with Crippen LogP contribution in [-0.2, 0) is 0 Å². The zero-order valence-electron chi connectivity index (χ0n) is 5.35. The van der Waals surface area contributed by atoms with E-state index in [1.54, 1.807) is 5.57 Å². The molecule has 2 atom stereocenters. The van der Waals surface area contributed by atoms with Crippen molar-refractivity contribution in [2.24, 2.45) is 11.8 Å². The molecule has 8 heavy (non-hydrogen) atoms. The SMILES string of the molecule is CCC1C2=CCCC21. The summed E-state index contributed by atoms with van der Waals surface area (Å²) >= 11 is 0. The number of hydrogen-bond acceptors (Lipinski definition) is 0. The van der Waals surface area contributed by atoms with Gasteiger partial charge >= 0.3 is 0 Å². The van der Waals surface area contributed by atoms with E-state index in [9.17, 15) is 0 Å². The zero-order chi connectivity index (χ0) is 5.56. The molecule has 1 saturated carbocycles. The Hall–Kier alpha value is -0.260. The molecule has 0 radical (unpaired) electrons. The van der Waals surface area contributed by atoms with Crippen LogP contribution in [0.2, 0.25) is 0 Å². The third-order valence-corrected chi connectivity index (χ3v) is 2.53. The zero-order valence-corrected chi connectivity index (χ0v) is 5.35. The topological polar surface area (TPSA) is 0 Å². The van der Waals surface area contributed by atoms with Crippen molar-refractivity contribution in [3.05, 3.63) is 11.6 Å². The maximum Gasteiger partial charge on any atom is -0.0132 e. The van der Waals surface area contributed by atoms with Gasteiger partial charge in [0.25, 0.3) is 0 Å². The summed E-state index contributed by atoms with van der Waals surface area (Å²) in [4.78, 5) is 0. The van der Waals surface area contributed by atoms with Crippen LogP contribution in [0.5, 0.6) is 0 Å². The average molecular weight is 108 g/mol. The smallest absolute Gasteiger partial charge is 0.0132 e. The molecule has 0 nitrogen and oxygen atoms in total. The molecule has 2 unspecified atom stereocenters. The van der Waals surface area contributed by atoms with Crippen LogP contribution in [0, 0.1) is 11.8 Å². The summed E-state index contributed by atoms with van der Waals surface area (Å²) in [5.74, 6) is 2.09. The minimum atomic E-state index is 1.03. The van der Waals surface area contributed by atoms with Gasteiger partial charge in [0.2, 0.25) is 0 Å². The molecular weight excluding hydrogens is 96.1 g/mol. The van der Waals surface area contributed by atoms with Gasteiger partial charge in [-0.1, -0.05) is 18.6 Å². The first-order chi connectivity index (χ1) is 3.93. The lowest BCUT2D eigenvalue weighted by atomic mass is 10.2. The van der Waals surface area contributed by atoms with Crippen molar-refractivity contribution in [1.82, 2.24) is 0 Å². The third kappa shape index (κ3) is 0.410. The van der Waals surface area contributed by atoms with Gasteiger partial charge in [0.1, 0.15) is 0 Å². The Morgan fingerprint density at radius 2 is 2.62 bits per heavy atom. The number of rotatable bonds is 1. The van der Waals surface area contributed by atoms with E-state index in [1.165, 1.54) is 19.3 Å². The summed E-state index contributed by atoms with van der Waals surface area (Å²) in [5.41, 5.74) is 1.78. The van der Waals surface area contributed by atoms with Crippen molar-refractivity contribution in [3.8, 4) is 0 Å². The highest BCUT2D eigenvalue weighted by atomic mass is 14.5. The third-order valence-electron chi connectivity index (χ3n) is 2.53. The molecule has 0 saturated heterocycles. The molecule has 2 aliphatic carbocycles. The van der Waals surface area contributed by atoms with Crippen molar-refractivity contribution in [3.63, 3.8) is 0 Å². The van der Waals surface area contributed by atoms with Gasteiger partial charge in [-0.15, -0.1) is 0 Å². The van der Waals surface area contributed by atoms with E-state index in [-0.39, 0.29) is 0 Å². The first-order valence-electron chi connectivity index (χ1n) is 3.63. The fraction of sp³-hybridized carbons (Fsp3) is 0.750. The fourth-order valence-electron chi connectivity index (χ4n) is 2.02. The van der Waals surface area contributed by atoms with Crippen molar-refractivity contribution < 1.29 is 0 Å². The molecule has 0 amide bonds. The first-order valence-corrected chi connectivity index (χ1v) is 3.63. The molecule has 0 aromatic carbocycles. The van der Waals surface area contributed by atoms with E-state index in [1.807, 2.05) is 0 Å². The van der Waals surface area contributed by atoms with Crippen LogP contribution >= 0.6 is 0 Å². The molecule has 0 aromatic rings. The molecule has 0 aromatic heterocycles. The summed E-state index contributed by atoms with van der Waals surface area (Å²) in [6.45, 7) is 2.30. The van der Waals surface area contributed by atoms with Gasteiger partial charge in [0.05, 0.1) is 0 Å².